The van der Waals surface area contributed by atoms with E-state index in [9.17, 15) is 4.79 Å². The molecule has 21 heavy (non-hydrogen) atoms. The average molecular weight is 279 g/mol. The van der Waals surface area contributed by atoms with E-state index in [4.69, 9.17) is 0 Å². The van der Waals surface area contributed by atoms with Crippen LogP contribution in [0.3, 0.4) is 0 Å². The Morgan fingerprint density at radius 3 is 2.48 bits per heavy atom. The van der Waals surface area contributed by atoms with Crippen LogP contribution in [0.15, 0.2) is 48.5 Å². The zero-order valence-corrected chi connectivity index (χ0v) is 12.3. The fraction of sp³-hybridized carbons (Fsp3) is 0.222. The Balaban J connectivity index is 1.99. The summed E-state index contributed by atoms with van der Waals surface area (Å²) < 4.78 is 2.02. The summed E-state index contributed by atoms with van der Waals surface area (Å²) in [5.74, 6) is 1.13. The molecule has 0 unspecified atom stereocenters. The molecule has 3 rings (SSSR count). The number of rotatable bonds is 4. The number of aromatic nitrogens is 2. The second kappa shape index (κ2) is 5.52. The second-order valence-electron chi connectivity index (χ2n) is 5.63. The highest BCUT2D eigenvalue weighted by Crippen LogP contribution is 2.15. The molecule has 0 saturated carbocycles. The maximum Gasteiger partial charge on any atom is 0.321 e. The SMILES string of the molecule is CC(C)c1ccc(C[n+]2c(C=O)[nH]c3ccccc32)cc1. The first-order valence-corrected chi connectivity index (χ1v) is 7.23. The average Bonchev–Trinajstić information content (AvgIpc) is 2.86. The largest absolute Gasteiger partial charge is 0.321 e. The van der Waals surface area contributed by atoms with Crippen molar-refractivity contribution in [2.75, 3.05) is 0 Å². The Kier molecular flexibility index (Phi) is 3.57. The lowest BCUT2D eigenvalue weighted by atomic mass is 10.0. The number of nitrogens with zero attached hydrogens (tertiary/aromatic N) is 1. The summed E-state index contributed by atoms with van der Waals surface area (Å²) in [6, 6.07) is 16.6. The van der Waals surface area contributed by atoms with E-state index >= 15 is 0 Å². The van der Waals surface area contributed by atoms with Crippen molar-refractivity contribution in [2.24, 2.45) is 0 Å². The van der Waals surface area contributed by atoms with E-state index in [-0.39, 0.29) is 0 Å². The quantitative estimate of drug-likeness (QED) is 0.576. The molecule has 3 aromatic rings. The fourth-order valence-corrected chi connectivity index (χ4v) is 2.60. The zero-order chi connectivity index (χ0) is 14.8. The second-order valence-corrected chi connectivity index (χ2v) is 5.63. The first-order valence-electron chi connectivity index (χ1n) is 7.23. The van der Waals surface area contributed by atoms with Crippen LogP contribution in [-0.2, 0) is 6.54 Å². The summed E-state index contributed by atoms with van der Waals surface area (Å²) in [4.78, 5) is 14.4. The number of carbonyl (C=O) groups is 1. The number of para-hydroxylation sites is 2. The smallest absolute Gasteiger partial charge is 0.289 e. The summed E-state index contributed by atoms with van der Waals surface area (Å²) >= 11 is 0. The number of aromatic amines is 1. The van der Waals surface area contributed by atoms with Gasteiger partial charge in [-0.1, -0.05) is 50.2 Å². The molecule has 0 atom stereocenters. The molecule has 1 aromatic heterocycles. The predicted molar refractivity (Wildman–Crippen MR) is 83.5 cm³/mol. The monoisotopic (exact) mass is 279 g/mol. The normalized spacial score (nSPS) is 11.2. The Morgan fingerprint density at radius 1 is 1.10 bits per heavy atom. The van der Waals surface area contributed by atoms with Gasteiger partial charge < -0.3 is 0 Å². The van der Waals surface area contributed by atoms with Gasteiger partial charge in [-0.05, 0) is 29.2 Å². The zero-order valence-electron chi connectivity index (χ0n) is 12.3. The van der Waals surface area contributed by atoms with Crippen molar-refractivity contribution in [1.82, 2.24) is 4.98 Å². The molecule has 0 aliphatic rings. The van der Waals surface area contributed by atoms with E-state index in [0.29, 0.717) is 18.3 Å². The van der Waals surface area contributed by atoms with Gasteiger partial charge in [-0.3, -0.25) is 4.79 Å². The van der Waals surface area contributed by atoms with Crippen molar-refractivity contribution in [3.63, 3.8) is 0 Å². The lowest BCUT2D eigenvalue weighted by Gasteiger charge is -2.06. The summed E-state index contributed by atoms with van der Waals surface area (Å²) in [7, 11) is 0. The van der Waals surface area contributed by atoms with Crippen molar-refractivity contribution in [3.8, 4) is 0 Å². The van der Waals surface area contributed by atoms with Gasteiger partial charge in [-0.25, -0.2) is 9.55 Å². The van der Waals surface area contributed by atoms with Gasteiger partial charge in [0.05, 0.1) is 0 Å². The van der Waals surface area contributed by atoms with Gasteiger partial charge in [-0.15, -0.1) is 0 Å². The van der Waals surface area contributed by atoms with E-state index < -0.39 is 0 Å². The topological polar surface area (TPSA) is 36.7 Å². The summed E-state index contributed by atoms with van der Waals surface area (Å²) in [6.45, 7) is 5.07. The van der Waals surface area contributed by atoms with Gasteiger partial charge in [0, 0.05) is 0 Å². The summed E-state index contributed by atoms with van der Waals surface area (Å²) in [6.07, 6.45) is 0.877. The Labute approximate surface area is 124 Å². The number of H-pyrrole nitrogens is 1. The van der Waals surface area contributed by atoms with Gasteiger partial charge in [0.15, 0.2) is 11.0 Å². The van der Waals surface area contributed by atoms with Crippen LogP contribution in [-0.4, -0.2) is 11.3 Å². The lowest BCUT2D eigenvalue weighted by molar-refractivity contribution is -0.663. The van der Waals surface area contributed by atoms with Crippen LogP contribution in [0.1, 0.15) is 41.5 Å². The van der Waals surface area contributed by atoms with Gasteiger partial charge in [0.2, 0.25) is 6.29 Å². The molecule has 3 heteroatoms. The third kappa shape index (κ3) is 2.59. The van der Waals surface area contributed by atoms with Crippen LogP contribution < -0.4 is 4.57 Å². The molecule has 1 heterocycles. The highest BCUT2D eigenvalue weighted by atomic mass is 16.1. The molecule has 106 valence electrons. The van der Waals surface area contributed by atoms with Crippen molar-refractivity contribution in [3.05, 3.63) is 65.5 Å². The van der Waals surface area contributed by atoms with Gasteiger partial charge in [0.1, 0.15) is 6.54 Å². The maximum absolute atomic E-state index is 11.3. The minimum absolute atomic E-state index is 0.533. The maximum atomic E-state index is 11.3. The Hall–Kier alpha value is -2.42. The van der Waals surface area contributed by atoms with E-state index in [0.717, 1.165) is 17.3 Å². The molecule has 3 nitrogen and oxygen atoms in total. The Morgan fingerprint density at radius 2 is 1.81 bits per heavy atom. The van der Waals surface area contributed by atoms with Crippen LogP contribution in [0.25, 0.3) is 11.0 Å². The van der Waals surface area contributed by atoms with Crippen molar-refractivity contribution < 1.29 is 9.36 Å². The highest BCUT2D eigenvalue weighted by Gasteiger charge is 2.17. The number of benzene rings is 2. The third-order valence-electron chi connectivity index (χ3n) is 3.85. The van der Waals surface area contributed by atoms with E-state index in [1.807, 2.05) is 28.8 Å². The molecule has 0 spiro atoms. The minimum Gasteiger partial charge on any atom is -0.289 e. The van der Waals surface area contributed by atoms with E-state index in [2.05, 4.69) is 43.1 Å². The van der Waals surface area contributed by atoms with Crippen molar-refractivity contribution in [1.29, 1.82) is 0 Å². The standard InChI is InChI=1S/C18H18N2O/c1-13(2)15-9-7-14(8-10-15)11-20-17-6-4-3-5-16(17)19-18(20)12-21/h3-10,12-13H,11H2,1-2H3/p+1. The number of nitrogens with one attached hydrogen (secondary N) is 1. The molecular weight excluding hydrogens is 260 g/mol. The van der Waals surface area contributed by atoms with Crippen LogP contribution in [0.2, 0.25) is 0 Å². The van der Waals surface area contributed by atoms with E-state index in [1.165, 1.54) is 11.1 Å². The highest BCUT2D eigenvalue weighted by molar-refractivity contribution is 5.77. The third-order valence-corrected chi connectivity index (χ3v) is 3.85. The summed E-state index contributed by atoms with van der Waals surface area (Å²) in [5, 5.41) is 0. The molecule has 0 fully saturated rings. The fourth-order valence-electron chi connectivity index (χ4n) is 2.60. The Bertz CT molecular complexity index is 770. The molecule has 0 amide bonds. The molecule has 2 aromatic carbocycles. The first-order chi connectivity index (χ1) is 10.2. The number of imidazole rings is 1. The van der Waals surface area contributed by atoms with Gasteiger partial charge in [0.25, 0.3) is 0 Å². The minimum atomic E-state index is 0.533. The lowest BCUT2D eigenvalue weighted by Crippen LogP contribution is -2.37. The van der Waals surface area contributed by atoms with Gasteiger partial charge in [-0.2, -0.15) is 0 Å². The number of hydrogen-bond acceptors (Lipinski definition) is 1. The van der Waals surface area contributed by atoms with Crippen molar-refractivity contribution >= 4 is 17.3 Å². The molecule has 0 aliphatic carbocycles. The number of aldehydes is 1. The van der Waals surface area contributed by atoms with Crippen LogP contribution in [0.4, 0.5) is 0 Å². The molecular formula is C18H19N2O+. The molecule has 0 aliphatic heterocycles. The number of fused-ring (bicyclic) bond motifs is 1. The van der Waals surface area contributed by atoms with Gasteiger partial charge >= 0.3 is 5.82 Å². The summed E-state index contributed by atoms with van der Waals surface area (Å²) in [5.41, 5.74) is 4.56. The molecule has 1 N–H and O–H groups in total. The van der Waals surface area contributed by atoms with Crippen LogP contribution in [0, 0.1) is 0 Å². The predicted octanol–water partition coefficient (Wildman–Crippen LogP) is 3.44. The van der Waals surface area contributed by atoms with Crippen molar-refractivity contribution in [2.45, 2.75) is 26.3 Å². The molecule has 0 bridgehead atoms. The first kappa shape index (κ1) is 13.6. The number of carbonyl (C=O) groups excluding carboxylic acids is 1. The molecule has 0 saturated heterocycles. The van der Waals surface area contributed by atoms with E-state index in [1.54, 1.807) is 0 Å². The van der Waals surface area contributed by atoms with Crippen LogP contribution in [0.5, 0.6) is 0 Å². The number of hydrogen-bond donors (Lipinski definition) is 1. The van der Waals surface area contributed by atoms with Crippen LogP contribution >= 0.6 is 0 Å². The molecule has 0 radical (unpaired) electrons.